The van der Waals surface area contributed by atoms with Crippen LogP contribution in [0.2, 0.25) is 0 Å². The topological polar surface area (TPSA) is 68.0 Å². The third kappa shape index (κ3) is 2.77. The van der Waals surface area contributed by atoms with Crippen LogP contribution in [-0.4, -0.2) is 25.8 Å². The molecule has 0 radical (unpaired) electrons. The van der Waals surface area contributed by atoms with Crippen molar-refractivity contribution in [3.63, 3.8) is 0 Å². The highest BCUT2D eigenvalue weighted by Gasteiger charge is 2.21. The average Bonchev–Trinajstić information content (AvgIpc) is 3.34. The zero-order chi connectivity index (χ0) is 17.4. The van der Waals surface area contributed by atoms with E-state index in [0.717, 1.165) is 28.1 Å². The monoisotopic (exact) mass is 367 g/mol. The maximum Gasteiger partial charge on any atom is 0.355 e. The van der Waals surface area contributed by atoms with Crippen molar-refractivity contribution in [2.75, 3.05) is 0 Å². The second kappa shape index (κ2) is 6.27. The van der Waals surface area contributed by atoms with Gasteiger partial charge in [0, 0.05) is 27.5 Å². The highest BCUT2D eigenvalue weighted by atomic mass is 32.1. The number of hydrogen-bond donors (Lipinski definition) is 1. The van der Waals surface area contributed by atoms with Crippen LogP contribution in [0.4, 0.5) is 0 Å². The summed E-state index contributed by atoms with van der Waals surface area (Å²) in [6.07, 6.45) is 0. The average molecular weight is 367 g/mol. The number of carboxylic acid groups (broad SMARTS) is 1. The Bertz CT molecular complexity index is 1030. The van der Waals surface area contributed by atoms with Gasteiger partial charge < -0.3 is 5.11 Å². The minimum absolute atomic E-state index is 0.0330. The summed E-state index contributed by atoms with van der Waals surface area (Å²) in [6.45, 7) is 2.03. The van der Waals surface area contributed by atoms with Crippen LogP contribution in [0.15, 0.2) is 52.5 Å². The molecule has 5 nitrogen and oxygen atoms in total. The summed E-state index contributed by atoms with van der Waals surface area (Å²) < 4.78 is 1.75. The van der Waals surface area contributed by atoms with Crippen LogP contribution >= 0.6 is 22.7 Å². The first-order valence-corrected chi connectivity index (χ1v) is 9.34. The Morgan fingerprint density at radius 1 is 1.12 bits per heavy atom. The molecule has 3 heterocycles. The van der Waals surface area contributed by atoms with Gasteiger partial charge in [-0.25, -0.2) is 14.5 Å². The van der Waals surface area contributed by atoms with Crippen molar-refractivity contribution < 1.29 is 9.90 Å². The molecule has 124 valence electrons. The van der Waals surface area contributed by atoms with Crippen molar-refractivity contribution >= 4 is 28.6 Å². The molecule has 0 aliphatic rings. The lowest BCUT2D eigenvalue weighted by Crippen LogP contribution is -2.01. The van der Waals surface area contributed by atoms with Crippen molar-refractivity contribution in [2.24, 2.45) is 0 Å². The molecule has 1 aromatic carbocycles. The molecule has 1 N–H and O–H groups in total. The fourth-order valence-electron chi connectivity index (χ4n) is 2.70. The summed E-state index contributed by atoms with van der Waals surface area (Å²) in [7, 11) is 0. The van der Waals surface area contributed by atoms with Gasteiger partial charge in [0.05, 0.1) is 11.4 Å². The van der Waals surface area contributed by atoms with Gasteiger partial charge in [0.25, 0.3) is 0 Å². The van der Waals surface area contributed by atoms with Gasteiger partial charge in [-0.15, -0.1) is 11.3 Å². The Labute approximate surface area is 151 Å². The van der Waals surface area contributed by atoms with Crippen LogP contribution in [0.1, 0.15) is 16.1 Å². The fraction of sp³-hybridized carbons (Fsp3) is 0.0556. The summed E-state index contributed by atoms with van der Waals surface area (Å²) in [5.74, 6) is -1.04. The number of carboxylic acids is 1. The molecule has 0 spiro atoms. The second-order valence-electron chi connectivity index (χ2n) is 5.43. The molecular formula is C18H13N3O2S2. The van der Waals surface area contributed by atoms with Crippen molar-refractivity contribution in [3.8, 4) is 27.6 Å². The normalized spacial score (nSPS) is 10.9. The van der Waals surface area contributed by atoms with Crippen molar-refractivity contribution in [3.05, 3.63) is 63.8 Å². The van der Waals surface area contributed by atoms with Gasteiger partial charge in [0.15, 0.2) is 5.69 Å². The maximum atomic E-state index is 11.2. The van der Waals surface area contributed by atoms with Gasteiger partial charge in [-0.05, 0) is 18.4 Å². The van der Waals surface area contributed by atoms with Gasteiger partial charge in [-0.2, -0.15) is 16.4 Å². The van der Waals surface area contributed by atoms with Crippen LogP contribution in [-0.2, 0) is 0 Å². The lowest BCUT2D eigenvalue weighted by atomic mass is 10.0. The van der Waals surface area contributed by atoms with Gasteiger partial charge in [0.1, 0.15) is 0 Å². The molecule has 0 bridgehead atoms. The predicted octanol–water partition coefficient (Wildman–Crippen LogP) is 4.73. The summed E-state index contributed by atoms with van der Waals surface area (Å²) in [4.78, 5) is 15.4. The van der Waals surface area contributed by atoms with Crippen molar-refractivity contribution in [1.82, 2.24) is 14.8 Å². The smallest absolute Gasteiger partial charge is 0.355 e. The van der Waals surface area contributed by atoms with E-state index in [1.807, 2.05) is 48.7 Å². The van der Waals surface area contributed by atoms with Crippen LogP contribution in [0.25, 0.3) is 27.6 Å². The molecule has 4 rings (SSSR count). The third-order valence-electron chi connectivity index (χ3n) is 3.86. The Morgan fingerprint density at radius 2 is 1.92 bits per heavy atom. The Balaban J connectivity index is 1.94. The highest BCUT2D eigenvalue weighted by molar-refractivity contribution is 7.12. The number of hydrogen-bond acceptors (Lipinski definition) is 5. The SMILES string of the molecule is Cc1c(-c2ccccc2)nn(-c2nc(C(=O)O)cs2)c1-c1ccsc1. The number of carbonyl (C=O) groups is 1. The first-order valence-electron chi connectivity index (χ1n) is 7.52. The largest absolute Gasteiger partial charge is 0.476 e. The molecule has 3 aromatic heterocycles. The van der Waals surface area contributed by atoms with Crippen molar-refractivity contribution in [1.29, 1.82) is 0 Å². The maximum absolute atomic E-state index is 11.2. The second-order valence-corrected chi connectivity index (χ2v) is 7.05. The molecular weight excluding hydrogens is 354 g/mol. The molecule has 0 saturated heterocycles. The molecule has 25 heavy (non-hydrogen) atoms. The highest BCUT2D eigenvalue weighted by Crippen LogP contribution is 2.35. The summed E-state index contributed by atoms with van der Waals surface area (Å²) in [6, 6.07) is 12.0. The first-order chi connectivity index (χ1) is 12.1. The Hall–Kier alpha value is -2.77. The lowest BCUT2D eigenvalue weighted by Gasteiger charge is -2.03. The summed E-state index contributed by atoms with van der Waals surface area (Å²) in [5.41, 5.74) is 4.94. The quantitative estimate of drug-likeness (QED) is 0.566. The predicted molar refractivity (Wildman–Crippen MR) is 99.7 cm³/mol. The fourth-order valence-corrected chi connectivity index (χ4v) is 4.10. The number of aromatic carboxylic acids is 1. The number of nitrogens with zero attached hydrogens (tertiary/aromatic N) is 3. The molecule has 0 unspecified atom stereocenters. The molecule has 0 amide bonds. The minimum atomic E-state index is -1.04. The summed E-state index contributed by atoms with van der Waals surface area (Å²) in [5, 5.41) is 20.1. The van der Waals surface area contributed by atoms with E-state index in [9.17, 15) is 4.79 Å². The standard InChI is InChI=1S/C18H13N3O2S2/c1-11-15(12-5-3-2-4-6-12)20-21(16(11)13-7-8-24-9-13)18-19-14(10-25-18)17(22)23/h2-10H,1H3,(H,22,23). The van der Waals surface area contributed by atoms with Gasteiger partial charge in [-0.3, -0.25) is 0 Å². The zero-order valence-corrected chi connectivity index (χ0v) is 14.8. The van der Waals surface area contributed by atoms with E-state index in [4.69, 9.17) is 10.2 Å². The van der Waals surface area contributed by atoms with Crippen molar-refractivity contribution in [2.45, 2.75) is 6.92 Å². The van der Waals surface area contributed by atoms with Gasteiger partial charge in [0.2, 0.25) is 5.13 Å². The van der Waals surface area contributed by atoms with Crippen LogP contribution in [0.5, 0.6) is 0 Å². The minimum Gasteiger partial charge on any atom is -0.476 e. The molecule has 0 saturated carbocycles. The van der Waals surface area contributed by atoms with E-state index in [2.05, 4.69) is 10.4 Å². The zero-order valence-electron chi connectivity index (χ0n) is 13.2. The van der Waals surface area contributed by atoms with E-state index >= 15 is 0 Å². The summed E-state index contributed by atoms with van der Waals surface area (Å²) >= 11 is 2.88. The van der Waals surface area contributed by atoms with Gasteiger partial charge in [-0.1, -0.05) is 30.3 Å². The van der Waals surface area contributed by atoms with E-state index in [-0.39, 0.29) is 5.69 Å². The van der Waals surface area contributed by atoms with E-state index in [1.165, 1.54) is 16.7 Å². The first kappa shape index (κ1) is 15.7. The molecule has 0 fully saturated rings. The lowest BCUT2D eigenvalue weighted by molar-refractivity contribution is 0.0691. The van der Waals surface area contributed by atoms with Crippen LogP contribution < -0.4 is 0 Å². The molecule has 0 atom stereocenters. The third-order valence-corrected chi connectivity index (χ3v) is 5.36. The van der Waals surface area contributed by atoms with Crippen LogP contribution in [0, 0.1) is 6.92 Å². The molecule has 4 aromatic rings. The number of thiazole rings is 1. The Morgan fingerprint density at radius 3 is 2.56 bits per heavy atom. The number of thiophene rings is 1. The van der Waals surface area contributed by atoms with E-state index in [1.54, 1.807) is 16.0 Å². The number of rotatable bonds is 4. The van der Waals surface area contributed by atoms with E-state index < -0.39 is 5.97 Å². The molecule has 7 heteroatoms. The number of benzene rings is 1. The molecule has 0 aliphatic carbocycles. The van der Waals surface area contributed by atoms with Gasteiger partial charge >= 0.3 is 5.97 Å². The Kier molecular flexibility index (Phi) is 3.95. The number of aromatic nitrogens is 3. The van der Waals surface area contributed by atoms with E-state index in [0.29, 0.717) is 5.13 Å². The van der Waals surface area contributed by atoms with Crippen LogP contribution in [0.3, 0.4) is 0 Å². The molecule has 0 aliphatic heterocycles.